The monoisotopic (exact) mass is 379 g/mol. The number of aromatic nitrogens is 1. The first-order valence-electron chi connectivity index (χ1n) is 9.92. The van der Waals surface area contributed by atoms with Crippen LogP contribution in [0.1, 0.15) is 18.5 Å². The van der Waals surface area contributed by atoms with Crippen LogP contribution in [0.2, 0.25) is 0 Å². The summed E-state index contributed by atoms with van der Waals surface area (Å²) < 4.78 is 19.5. The summed E-state index contributed by atoms with van der Waals surface area (Å²) in [6.07, 6.45) is 2.12. The van der Waals surface area contributed by atoms with Gasteiger partial charge in [-0.2, -0.15) is 0 Å². The summed E-state index contributed by atoms with van der Waals surface area (Å²) in [5.74, 6) is 0.695. The van der Waals surface area contributed by atoms with Crippen molar-refractivity contribution in [1.29, 1.82) is 0 Å². The predicted molar refractivity (Wildman–Crippen MR) is 112 cm³/mol. The van der Waals surface area contributed by atoms with Crippen LogP contribution in [0.25, 0.3) is 10.9 Å². The Bertz CT molecular complexity index is 924. The van der Waals surface area contributed by atoms with Crippen LogP contribution in [-0.2, 0) is 0 Å². The van der Waals surface area contributed by atoms with E-state index in [4.69, 9.17) is 4.74 Å². The number of benzene rings is 2. The van der Waals surface area contributed by atoms with Gasteiger partial charge in [0.15, 0.2) is 0 Å². The molecule has 1 N–H and O–H groups in total. The van der Waals surface area contributed by atoms with E-state index in [1.54, 1.807) is 12.1 Å². The van der Waals surface area contributed by atoms with Gasteiger partial charge in [-0.15, -0.1) is 0 Å². The SMILES string of the molecule is Cc1cc(N2CCC(NCCOc3ccccc3)CC2)c2cc(F)ccc2n1. The lowest BCUT2D eigenvalue weighted by Gasteiger charge is -2.34. The van der Waals surface area contributed by atoms with Crippen molar-refractivity contribution in [2.45, 2.75) is 25.8 Å². The number of halogens is 1. The number of hydrogen-bond donors (Lipinski definition) is 1. The number of ether oxygens (including phenoxy) is 1. The number of nitrogens with zero attached hydrogens (tertiary/aromatic N) is 2. The molecule has 0 amide bonds. The molecule has 0 aliphatic carbocycles. The first kappa shape index (κ1) is 18.7. The molecular formula is C23H26FN3O. The number of pyridine rings is 1. The highest BCUT2D eigenvalue weighted by molar-refractivity contribution is 5.92. The van der Waals surface area contributed by atoms with Crippen molar-refractivity contribution >= 4 is 16.6 Å². The average Bonchev–Trinajstić information content (AvgIpc) is 2.72. The summed E-state index contributed by atoms with van der Waals surface area (Å²) in [7, 11) is 0. The van der Waals surface area contributed by atoms with Gasteiger partial charge >= 0.3 is 0 Å². The van der Waals surface area contributed by atoms with E-state index >= 15 is 0 Å². The Labute approximate surface area is 165 Å². The maximum Gasteiger partial charge on any atom is 0.124 e. The lowest BCUT2D eigenvalue weighted by molar-refractivity contribution is 0.296. The molecule has 3 aromatic rings. The Kier molecular flexibility index (Phi) is 5.72. The van der Waals surface area contributed by atoms with Crippen molar-refractivity contribution in [2.24, 2.45) is 0 Å². The molecule has 0 saturated carbocycles. The second-order valence-electron chi connectivity index (χ2n) is 7.32. The largest absolute Gasteiger partial charge is 0.492 e. The average molecular weight is 379 g/mol. The third-order valence-corrected chi connectivity index (χ3v) is 5.26. The molecule has 0 radical (unpaired) electrons. The van der Waals surface area contributed by atoms with Gasteiger partial charge in [-0.25, -0.2) is 4.39 Å². The van der Waals surface area contributed by atoms with E-state index in [-0.39, 0.29) is 5.82 Å². The summed E-state index contributed by atoms with van der Waals surface area (Å²) in [6.45, 7) is 5.39. The molecule has 1 aliphatic heterocycles. The summed E-state index contributed by atoms with van der Waals surface area (Å²) in [5, 5.41) is 4.49. The number of para-hydroxylation sites is 1. The lowest BCUT2D eigenvalue weighted by atomic mass is 10.0. The van der Waals surface area contributed by atoms with Gasteiger partial charge in [0.1, 0.15) is 18.2 Å². The summed E-state index contributed by atoms with van der Waals surface area (Å²) in [4.78, 5) is 6.90. The van der Waals surface area contributed by atoms with Crippen molar-refractivity contribution in [3.63, 3.8) is 0 Å². The van der Waals surface area contributed by atoms with Crippen LogP contribution in [-0.4, -0.2) is 37.3 Å². The van der Waals surface area contributed by atoms with Crippen LogP contribution in [0.15, 0.2) is 54.6 Å². The number of anilines is 1. The second-order valence-corrected chi connectivity index (χ2v) is 7.32. The van der Waals surface area contributed by atoms with Gasteiger partial charge in [-0.05, 0) is 56.2 Å². The molecule has 1 aliphatic rings. The fourth-order valence-corrected chi connectivity index (χ4v) is 3.84. The molecule has 1 aromatic heterocycles. The van der Waals surface area contributed by atoms with E-state index in [0.29, 0.717) is 12.6 Å². The van der Waals surface area contributed by atoms with E-state index in [1.807, 2.05) is 37.3 Å². The van der Waals surface area contributed by atoms with Crippen LogP contribution in [0.3, 0.4) is 0 Å². The van der Waals surface area contributed by atoms with E-state index in [2.05, 4.69) is 21.3 Å². The number of piperidine rings is 1. The number of hydrogen-bond acceptors (Lipinski definition) is 4. The summed E-state index contributed by atoms with van der Waals surface area (Å²) in [5.41, 5.74) is 2.91. The molecule has 0 atom stereocenters. The molecular weight excluding hydrogens is 353 g/mol. The third-order valence-electron chi connectivity index (χ3n) is 5.26. The van der Waals surface area contributed by atoms with Crippen LogP contribution >= 0.6 is 0 Å². The van der Waals surface area contributed by atoms with Crippen LogP contribution < -0.4 is 15.0 Å². The van der Waals surface area contributed by atoms with Crippen LogP contribution in [0.5, 0.6) is 5.75 Å². The molecule has 146 valence electrons. The predicted octanol–water partition coefficient (Wildman–Crippen LogP) is 4.32. The number of nitrogens with one attached hydrogen (secondary N) is 1. The van der Waals surface area contributed by atoms with Gasteiger partial charge in [-0.3, -0.25) is 4.98 Å². The minimum atomic E-state index is -0.214. The molecule has 1 fully saturated rings. The van der Waals surface area contributed by atoms with Gasteiger partial charge in [-0.1, -0.05) is 18.2 Å². The normalized spacial score (nSPS) is 15.1. The third kappa shape index (κ3) is 4.42. The summed E-state index contributed by atoms with van der Waals surface area (Å²) >= 11 is 0. The first-order valence-corrected chi connectivity index (χ1v) is 9.92. The molecule has 4 nitrogen and oxygen atoms in total. The number of aryl methyl sites for hydroxylation is 1. The standard InChI is InChI=1S/C23H26FN3O/c1-17-15-23(21-16-18(24)7-8-22(21)26-17)27-12-9-19(10-13-27)25-11-14-28-20-5-3-2-4-6-20/h2-8,15-16,19,25H,9-14H2,1H3. The zero-order valence-corrected chi connectivity index (χ0v) is 16.2. The Morgan fingerprint density at radius 2 is 1.89 bits per heavy atom. The van der Waals surface area contributed by atoms with Crippen LogP contribution in [0.4, 0.5) is 10.1 Å². The lowest BCUT2D eigenvalue weighted by Crippen LogP contribution is -2.43. The highest BCUT2D eigenvalue weighted by Gasteiger charge is 2.21. The first-order chi connectivity index (χ1) is 13.7. The molecule has 0 spiro atoms. The van der Waals surface area contributed by atoms with Crippen molar-refractivity contribution in [2.75, 3.05) is 31.1 Å². The minimum Gasteiger partial charge on any atom is -0.492 e. The van der Waals surface area contributed by atoms with Gasteiger partial charge < -0.3 is 15.0 Å². The number of fused-ring (bicyclic) bond motifs is 1. The molecule has 5 heteroatoms. The van der Waals surface area contributed by atoms with E-state index in [0.717, 1.165) is 60.5 Å². The minimum absolute atomic E-state index is 0.214. The Morgan fingerprint density at radius 3 is 2.68 bits per heavy atom. The number of rotatable bonds is 6. The van der Waals surface area contributed by atoms with Gasteiger partial charge in [0.25, 0.3) is 0 Å². The van der Waals surface area contributed by atoms with Crippen LogP contribution in [0, 0.1) is 12.7 Å². The van der Waals surface area contributed by atoms with E-state index < -0.39 is 0 Å². The van der Waals surface area contributed by atoms with E-state index in [9.17, 15) is 4.39 Å². The zero-order chi connectivity index (χ0) is 19.3. The topological polar surface area (TPSA) is 37.4 Å². The highest BCUT2D eigenvalue weighted by atomic mass is 19.1. The van der Waals surface area contributed by atoms with Crippen molar-refractivity contribution in [1.82, 2.24) is 10.3 Å². The molecule has 4 rings (SSSR count). The molecule has 2 aromatic carbocycles. The Hall–Kier alpha value is -2.66. The van der Waals surface area contributed by atoms with Gasteiger partial charge in [0, 0.05) is 42.4 Å². The Balaban J connectivity index is 1.32. The second kappa shape index (κ2) is 8.57. The molecule has 0 bridgehead atoms. The molecule has 2 heterocycles. The maximum absolute atomic E-state index is 13.8. The van der Waals surface area contributed by atoms with E-state index in [1.165, 1.54) is 6.07 Å². The quantitative estimate of drug-likeness (QED) is 0.647. The van der Waals surface area contributed by atoms with Crippen molar-refractivity contribution in [3.8, 4) is 5.75 Å². The summed E-state index contributed by atoms with van der Waals surface area (Å²) in [6, 6.07) is 17.3. The van der Waals surface area contributed by atoms with Crippen molar-refractivity contribution < 1.29 is 9.13 Å². The van der Waals surface area contributed by atoms with Gasteiger partial charge in [0.2, 0.25) is 0 Å². The molecule has 1 saturated heterocycles. The molecule has 0 unspecified atom stereocenters. The zero-order valence-electron chi connectivity index (χ0n) is 16.2. The smallest absolute Gasteiger partial charge is 0.124 e. The fraction of sp³-hybridized carbons (Fsp3) is 0.348. The van der Waals surface area contributed by atoms with Crippen molar-refractivity contribution in [3.05, 3.63) is 66.1 Å². The maximum atomic E-state index is 13.8. The highest BCUT2D eigenvalue weighted by Crippen LogP contribution is 2.29. The fourth-order valence-electron chi connectivity index (χ4n) is 3.84. The Morgan fingerprint density at radius 1 is 1.11 bits per heavy atom. The molecule has 28 heavy (non-hydrogen) atoms. The van der Waals surface area contributed by atoms with Gasteiger partial charge in [0.05, 0.1) is 5.52 Å².